The van der Waals surface area contributed by atoms with Crippen LogP contribution in [-0.4, -0.2) is 34.2 Å². The van der Waals surface area contributed by atoms with Crippen LogP contribution < -0.4 is 26.2 Å². The lowest BCUT2D eigenvalue weighted by Crippen LogP contribution is -2.30. The number of rotatable bonds is 12. The summed E-state index contributed by atoms with van der Waals surface area (Å²) in [6, 6.07) is 41.4. The molecule has 1 aromatic heterocycles. The zero-order valence-electron chi connectivity index (χ0n) is 29.3. The summed E-state index contributed by atoms with van der Waals surface area (Å²) in [4.78, 5) is 55.0. The first-order valence-corrected chi connectivity index (χ1v) is 17.6. The van der Waals surface area contributed by atoms with Crippen molar-refractivity contribution in [2.24, 2.45) is 7.05 Å². The van der Waals surface area contributed by atoms with Gasteiger partial charge in [0.25, 0.3) is 17.4 Å². The third-order valence-corrected chi connectivity index (χ3v) is 9.74. The number of ether oxygens (including phenoxy) is 1. The number of hydrogen-bond donors (Lipinski definition) is 3. The van der Waals surface area contributed by atoms with E-state index in [1.165, 1.54) is 23.6 Å². The van der Waals surface area contributed by atoms with Crippen LogP contribution in [0.4, 0.5) is 11.4 Å². The predicted molar refractivity (Wildman–Crippen MR) is 209 cm³/mol. The molecule has 266 valence electrons. The van der Waals surface area contributed by atoms with Gasteiger partial charge >= 0.3 is 0 Å². The maximum atomic E-state index is 14.0. The molecule has 3 amide bonds. The number of carbonyl (C=O) groups is 3. The zero-order chi connectivity index (χ0) is 37.3. The van der Waals surface area contributed by atoms with Crippen LogP contribution in [0.15, 0.2) is 155 Å². The van der Waals surface area contributed by atoms with Crippen molar-refractivity contribution < 1.29 is 19.1 Å². The van der Waals surface area contributed by atoms with Crippen LogP contribution in [0.5, 0.6) is 5.75 Å². The van der Waals surface area contributed by atoms with Gasteiger partial charge in [0.05, 0.1) is 18.5 Å². The van der Waals surface area contributed by atoms with E-state index in [0.29, 0.717) is 33.9 Å². The topological polar surface area (TPSA) is 123 Å². The van der Waals surface area contributed by atoms with Crippen molar-refractivity contribution in [3.8, 4) is 11.4 Å². The lowest BCUT2D eigenvalue weighted by Gasteiger charge is -2.17. The minimum Gasteiger partial charge on any atom is -0.496 e. The van der Waals surface area contributed by atoms with Crippen molar-refractivity contribution in [3.63, 3.8) is 0 Å². The van der Waals surface area contributed by atoms with Crippen LogP contribution in [0.1, 0.15) is 32.4 Å². The van der Waals surface area contributed by atoms with Crippen LogP contribution in [0.3, 0.4) is 0 Å². The molecule has 1 atom stereocenters. The van der Waals surface area contributed by atoms with Gasteiger partial charge in [0.15, 0.2) is 0 Å². The number of thioether (sulfide) groups is 1. The third kappa shape index (κ3) is 8.49. The lowest BCUT2D eigenvalue weighted by molar-refractivity contribution is -0.116. The largest absolute Gasteiger partial charge is 0.496 e. The maximum Gasteiger partial charge on any atom is 0.295 e. The normalized spacial score (nSPS) is 11.7. The Bertz CT molecular complexity index is 2320. The minimum atomic E-state index is -0.704. The van der Waals surface area contributed by atoms with Crippen molar-refractivity contribution in [2.45, 2.75) is 17.1 Å². The maximum absolute atomic E-state index is 14.0. The standard InChI is InChI=1S/C42H37N5O5S/c1-28-37(42(51)47(46(28)2)33-20-11-6-12-21-33)45-41(50)38(29-15-7-4-8-16-29)53-34-25-23-32(24-26-34)43-40(49)35(27-31-19-13-14-22-36(31)52-3)44-39(48)30-17-9-5-10-18-30/h4-27,38H,1-3H3,(H,43,49)(H,44,48)(H,45,50)/b35-27-. The second kappa shape index (κ2) is 16.6. The Balaban J connectivity index is 1.22. The molecule has 11 heteroatoms. The summed E-state index contributed by atoms with van der Waals surface area (Å²) in [5.41, 5.74) is 3.42. The highest BCUT2D eigenvalue weighted by atomic mass is 32.2. The number of methoxy groups -OCH3 is 1. The van der Waals surface area contributed by atoms with Crippen molar-refractivity contribution >= 4 is 46.9 Å². The molecule has 0 fully saturated rings. The molecule has 0 spiro atoms. The van der Waals surface area contributed by atoms with E-state index >= 15 is 0 Å². The monoisotopic (exact) mass is 723 g/mol. The first-order chi connectivity index (χ1) is 25.7. The molecule has 0 aliphatic carbocycles. The fourth-order valence-corrected chi connectivity index (χ4v) is 6.66. The summed E-state index contributed by atoms with van der Waals surface area (Å²) in [6.45, 7) is 1.79. The smallest absolute Gasteiger partial charge is 0.295 e. The van der Waals surface area contributed by atoms with Gasteiger partial charge in [-0.05, 0) is 73.2 Å². The van der Waals surface area contributed by atoms with Gasteiger partial charge in [-0.3, -0.25) is 23.9 Å². The molecule has 6 aromatic rings. The molecular weight excluding hydrogens is 687 g/mol. The Hall–Kier alpha value is -6.59. The molecule has 0 radical (unpaired) electrons. The van der Waals surface area contributed by atoms with Gasteiger partial charge in [0.2, 0.25) is 5.91 Å². The van der Waals surface area contributed by atoms with Gasteiger partial charge in [-0.1, -0.05) is 84.9 Å². The number of aromatic nitrogens is 2. The Morgan fingerprint density at radius 1 is 0.755 bits per heavy atom. The average Bonchev–Trinajstić information content (AvgIpc) is 3.40. The van der Waals surface area contributed by atoms with Gasteiger partial charge in [-0.2, -0.15) is 0 Å². The third-order valence-electron chi connectivity index (χ3n) is 8.48. The van der Waals surface area contributed by atoms with Crippen LogP contribution in [0.25, 0.3) is 11.8 Å². The first-order valence-electron chi connectivity index (χ1n) is 16.7. The number of anilines is 2. The second-order valence-corrected chi connectivity index (χ2v) is 13.1. The number of carbonyl (C=O) groups excluding carboxylic acids is 3. The predicted octanol–water partition coefficient (Wildman–Crippen LogP) is 7.37. The van der Waals surface area contributed by atoms with E-state index in [1.807, 2.05) is 72.8 Å². The van der Waals surface area contributed by atoms with E-state index in [4.69, 9.17) is 4.74 Å². The summed E-state index contributed by atoms with van der Waals surface area (Å²) in [7, 11) is 3.31. The Kier molecular flexibility index (Phi) is 11.4. The zero-order valence-corrected chi connectivity index (χ0v) is 30.1. The van der Waals surface area contributed by atoms with Crippen molar-refractivity contribution in [1.82, 2.24) is 14.7 Å². The van der Waals surface area contributed by atoms with E-state index in [9.17, 15) is 19.2 Å². The summed E-state index contributed by atoms with van der Waals surface area (Å²) < 4.78 is 8.70. The molecule has 0 saturated heterocycles. The van der Waals surface area contributed by atoms with E-state index in [1.54, 1.807) is 91.5 Å². The highest BCUT2D eigenvalue weighted by molar-refractivity contribution is 8.00. The lowest BCUT2D eigenvalue weighted by atomic mass is 10.1. The number of nitrogens with zero attached hydrogens (tertiary/aromatic N) is 2. The molecule has 3 N–H and O–H groups in total. The fourth-order valence-electron chi connectivity index (χ4n) is 5.64. The first kappa shape index (κ1) is 36.2. The van der Waals surface area contributed by atoms with Crippen LogP contribution in [-0.2, 0) is 16.6 Å². The van der Waals surface area contributed by atoms with E-state index in [0.717, 1.165) is 10.5 Å². The summed E-state index contributed by atoms with van der Waals surface area (Å²) >= 11 is 1.31. The molecule has 6 rings (SSSR count). The fraction of sp³-hybridized carbons (Fsp3) is 0.0952. The van der Waals surface area contributed by atoms with Gasteiger partial charge in [-0.25, -0.2) is 4.68 Å². The Morgan fingerprint density at radius 2 is 1.36 bits per heavy atom. The molecule has 1 unspecified atom stereocenters. The Morgan fingerprint density at radius 3 is 2.02 bits per heavy atom. The van der Waals surface area contributed by atoms with E-state index < -0.39 is 17.1 Å². The van der Waals surface area contributed by atoms with Crippen LogP contribution in [0, 0.1) is 6.92 Å². The quantitative estimate of drug-likeness (QED) is 0.0895. The molecule has 1 heterocycles. The number of hydrogen-bond acceptors (Lipinski definition) is 6. The van der Waals surface area contributed by atoms with Gasteiger partial charge in [-0.15, -0.1) is 11.8 Å². The highest BCUT2D eigenvalue weighted by Gasteiger charge is 2.26. The minimum absolute atomic E-state index is 0.0187. The van der Waals surface area contributed by atoms with Crippen molar-refractivity contribution in [2.75, 3.05) is 17.7 Å². The summed E-state index contributed by atoms with van der Waals surface area (Å²) in [5.74, 6) is -0.802. The number of benzene rings is 5. The van der Waals surface area contributed by atoms with Crippen molar-refractivity contribution in [3.05, 3.63) is 178 Å². The second-order valence-electron chi connectivity index (χ2n) is 11.9. The SMILES string of the molecule is COc1ccccc1/C=C(\NC(=O)c1ccccc1)C(=O)Nc1ccc(SC(C(=O)Nc2c(C)n(C)n(-c3ccccc3)c2=O)c2ccccc2)cc1. The summed E-state index contributed by atoms with van der Waals surface area (Å²) in [5, 5.41) is 7.82. The van der Waals surface area contributed by atoms with Gasteiger partial charge in [0.1, 0.15) is 22.4 Å². The van der Waals surface area contributed by atoms with Crippen LogP contribution in [0.2, 0.25) is 0 Å². The number of amides is 3. The van der Waals surface area contributed by atoms with Gasteiger partial charge in [0, 0.05) is 28.8 Å². The molecule has 5 aromatic carbocycles. The van der Waals surface area contributed by atoms with E-state index in [-0.39, 0.29) is 22.9 Å². The molecular formula is C42H37N5O5S. The number of nitrogens with one attached hydrogen (secondary N) is 3. The molecule has 0 aliphatic rings. The highest BCUT2D eigenvalue weighted by Crippen LogP contribution is 2.37. The van der Waals surface area contributed by atoms with Gasteiger partial charge < -0.3 is 20.7 Å². The van der Waals surface area contributed by atoms with E-state index in [2.05, 4.69) is 16.0 Å². The molecule has 53 heavy (non-hydrogen) atoms. The van der Waals surface area contributed by atoms with Crippen molar-refractivity contribution in [1.29, 1.82) is 0 Å². The molecule has 0 aliphatic heterocycles. The molecule has 0 bridgehead atoms. The molecule has 10 nitrogen and oxygen atoms in total. The average molecular weight is 724 g/mol. The Labute approximate surface area is 311 Å². The van der Waals surface area contributed by atoms with Crippen LogP contribution >= 0.6 is 11.8 Å². The number of para-hydroxylation sites is 2. The summed E-state index contributed by atoms with van der Waals surface area (Å²) in [6.07, 6.45) is 1.56. The molecule has 0 saturated carbocycles.